The van der Waals surface area contributed by atoms with Crippen molar-refractivity contribution in [1.29, 1.82) is 0 Å². The van der Waals surface area contributed by atoms with Crippen LogP contribution < -0.4 is 0 Å². The normalized spacial score (nSPS) is 13.2. The van der Waals surface area contributed by atoms with Gasteiger partial charge in [-0.3, -0.25) is 4.79 Å². The van der Waals surface area contributed by atoms with Gasteiger partial charge in [-0.2, -0.15) is 0 Å². The topological polar surface area (TPSA) is 83.8 Å². The maximum atomic E-state index is 12.1. The number of carbonyl (C=O) groups is 2. The van der Waals surface area contributed by atoms with Crippen LogP contribution in [-0.2, 0) is 14.3 Å². The van der Waals surface area contributed by atoms with Gasteiger partial charge in [-0.05, 0) is 78.1 Å². The molecule has 2 unspecified atom stereocenters. The zero-order valence-electron chi connectivity index (χ0n) is 27.0. The number of aliphatic hydroxyl groups excluding tert-OH is 1. The number of hydrogen-bond donors (Lipinski definition) is 2. The van der Waals surface area contributed by atoms with E-state index in [0.29, 0.717) is 6.42 Å². The van der Waals surface area contributed by atoms with Gasteiger partial charge >= 0.3 is 11.9 Å². The molecular formula is C36H66O5. The Kier molecular flexibility index (Phi) is 30.1. The second-order valence-electron chi connectivity index (χ2n) is 12.1. The fourth-order valence-electron chi connectivity index (χ4n) is 5.16. The van der Waals surface area contributed by atoms with E-state index in [4.69, 9.17) is 9.84 Å². The van der Waals surface area contributed by atoms with Crippen LogP contribution in [0.4, 0.5) is 0 Å². The minimum atomic E-state index is -0.853. The SMILES string of the molecule is CC(O)CCCCCCC=CCCCCCCCC(=O)OC(C)CCCCCCCCCCCCCC=CC(=O)O. The van der Waals surface area contributed by atoms with Crippen molar-refractivity contribution in [1.82, 2.24) is 0 Å². The molecular weight excluding hydrogens is 512 g/mol. The summed E-state index contributed by atoms with van der Waals surface area (Å²) in [4.78, 5) is 22.5. The van der Waals surface area contributed by atoms with Crippen molar-refractivity contribution in [3.63, 3.8) is 0 Å². The van der Waals surface area contributed by atoms with E-state index in [-0.39, 0.29) is 18.2 Å². The highest BCUT2D eigenvalue weighted by molar-refractivity contribution is 5.79. The van der Waals surface area contributed by atoms with E-state index >= 15 is 0 Å². The molecule has 2 atom stereocenters. The summed E-state index contributed by atoms with van der Waals surface area (Å²) >= 11 is 0. The molecule has 0 radical (unpaired) electrons. The molecule has 0 spiro atoms. The first-order valence-corrected chi connectivity index (χ1v) is 17.3. The molecule has 0 bridgehead atoms. The van der Waals surface area contributed by atoms with Crippen LogP contribution in [0.15, 0.2) is 24.3 Å². The Labute approximate surface area is 253 Å². The third-order valence-corrected chi connectivity index (χ3v) is 7.74. The van der Waals surface area contributed by atoms with Crippen LogP contribution in [0.2, 0.25) is 0 Å². The number of aliphatic carboxylic acids is 1. The van der Waals surface area contributed by atoms with Crippen LogP contribution in [-0.4, -0.2) is 34.4 Å². The monoisotopic (exact) mass is 578 g/mol. The number of unbranched alkanes of at least 4 members (excludes halogenated alkanes) is 20. The molecule has 0 saturated carbocycles. The number of esters is 1. The van der Waals surface area contributed by atoms with Crippen LogP contribution in [0.5, 0.6) is 0 Å². The summed E-state index contributed by atoms with van der Waals surface area (Å²) in [6.45, 7) is 3.90. The molecule has 0 saturated heterocycles. The van der Waals surface area contributed by atoms with Gasteiger partial charge < -0.3 is 14.9 Å². The number of carbonyl (C=O) groups excluding carboxylic acids is 1. The number of rotatable bonds is 31. The van der Waals surface area contributed by atoms with Gasteiger partial charge in [0.25, 0.3) is 0 Å². The van der Waals surface area contributed by atoms with E-state index in [9.17, 15) is 14.7 Å². The van der Waals surface area contributed by atoms with Gasteiger partial charge in [0.05, 0.1) is 12.2 Å². The van der Waals surface area contributed by atoms with Gasteiger partial charge in [0.1, 0.15) is 0 Å². The summed E-state index contributed by atoms with van der Waals surface area (Å²) in [5.74, 6) is -0.878. The molecule has 0 aliphatic carbocycles. The minimum Gasteiger partial charge on any atom is -0.478 e. The van der Waals surface area contributed by atoms with Gasteiger partial charge in [0.15, 0.2) is 0 Å². The Morgan fingerprint density at radius 2 is 0.951 bits per heavy atom. The lowest BCUT2D eigenvalue weighted by molar-refractivity contribution is -0.148. The lowest BCUT2D eigenvalue weighted by atomic mass is 10.0. The Morgan fingerprint density at radius 1 is 0.561 bits per heavy atom. The maximum Gasteiger partial charge on any atom is 0.327 e. The molecule has 240 valence electrons. The first-order valence-electron chi connectivity index (χ1n) is 17.3. The van der Waals surface area contributed by atoms with Crippen molar-refractivity contribution in [2.45, 2.75) is 193 Å². The second-order valence-corrected chi connectivity index (χ2v) is 12.1. The average Bonchev–Trinajstić information content (AvgIpc) is 2.92. The minimum absolute atomic E-state index is 0.0250. The molecule has 0 aliphatic heterocycles. The third-order valence-electron chi connectivity index (χ3n) is 7.74. The maximum absolute atomic E-state index is 12.1. The van der Waals surface area contributed by atoms with E-state index in [1.807, 2.05) is 13.8 Å². The molecule has 0 heterocycles. The second kappa shape index (κ2) is 31.3. The predicted molar refractivity (Wildman–Crippen MR) is 173 cm³/mol. The molecule has 0 amide bonds. The number of hydrogen-bond acceptors (Lipinski definition) is 4. The fourth-order valence-corrected chi connectivity index (χ4v) is 5.16. The summed E-state index contributed by atoms with van der Waals surface area (Å²) < 4.78 is 5.61. The lowest BCUT2D eigenvalue weighted by Gasteiger charge is -2.13. The zero-order valence-corrected chi connectivity index (χ0v) is 27.0. The molecule has 2 N–H and O–H groups in total. The summed E-state index contributed by atoms with van der Waals surface area (Å²) in [5.41, 5.74) is 0. The Balaban J connectivity index is 3.35. The molecule has 0 aliphatic rings. The van der Waals surface area contributed by atoms with Gasteiger partial charge in [-0.25, -0.2) is 4.79 Å². The largest absolute Gasteiger partial charge is 0.478 e. The van der Waals surface area contributed by atoms with E-state index in [1.165, 1.54) is 115 Å². The quantitative estimate of drug-likeness (QED) is 0.0370. The number of ether oxygens (including phenoxy) is 1. The van der Waals surface area contributed by atoms with Crippen molar-refractivity contribution in [3.8, 4) is 0 Å². The number of carboxylic acids is 1. The summed E-state index contributed by atoms with van der Waals surface area (Å²) in [6.07, 6.45) is 37.6. The van der Waals surface area contributed by atoms with E-state index in [1.54, 1.807) is 6.08 Å². The van der Waals surface area contributed by atoms with Crippen molar-refractivity contribution in [2.75, 3.05) is 0 Å². The highest BCUT2D eigenvalue weighted by Gasteiger charge is 2.09. The molecule has 41 heavy (non-hydrogen) atoms. The number of carboxylic acid groups (broad SMARTS) is 1. The van der Waals surface area contributed by atoms with Crippen molar-refractivity contribution in [2.24, 2.45) is 0 Å². The van der Waals surface area contributed by atoms with Crippen molar-refractivity contribution < 1.29 is 24.5 Å². The van der Waals surface area contributed by atoms with Gasteiger partial charge in [0.2, 0.25) is 0 Å². The predicted octanol–water partition coefficient (Wildman–Crippen LogP) is 10.6. The Bertz CT molecular complexity index is 640. The van der Waals surface area contributed by atoms with E-state index < -0.39 is 5.97 Å². The highest BCUT2D eigenvalue weighted by atomic mass is 16.5. The molecule has 0 aromatic carbocycles. The van der Waals surface area contributed by atoms with E-state index in [2.05, 4.69) is 12.2 Å². The zero-order chi connectivity index (χ0) is 30.2. The van der Waals surface area contributed by atoms with Crippen LogP contribution in [0.25, 0.3) is 0 Å². The standard InChI is InChI=1S/C36H66O5/c1-33(37)29-25-21-17-13-9-5-3-8-12-16-20-24-28-32-36(40)41-34(2)30-26-22-18-14-10-6-4-7-11-15-19-23-27-31-35(38)39/h3,5,27,31,33-34,37H,4,6-26,28-30,32H2,1-2H3,(H,38,39). The molecule has 5 heteroatoms. The average molecular weight is 579 g/mol. The third kappa shape index (κ3) is 34.5. The van der Waals surface area contributed by atoms with Gasteiger partial charge in [-0.1, -0.05) is 115 Å². The summed E-state index contributed by atoms with van der Waals surface area (Å²) in [6, 6.07) is 0. The first-order chi connectivity index (χ1) is 19.9. The van der Waals surface area contributed by atoms with Gasteiger partial charge in [-0.15, -0.1) is 0 Å². The molecule has 0 rings (SSSR count). The summed E-state index contributed by atoms with van der Waals surface area (Å²) in [5, 5.41) is 17.8. The molecule has 0 aromatic heterocycles. The lowest BCUT2D eigenvalue weighted by Crippen LogP contribution is -2.14. The van der Waals surface area contributed by atoms with E-state index in [0.717, 1.165) is 51.4 Å². The number of allylic oxidation sites excluding steroid dienone is 3. The van der Waals surface area contributed by atoms with Crippen molar-refractivity contribution in [3.05, 3.63) is 24.3 Å². The highest BCUT2D eigenvalue weighted by Crippen LogP contribution is 2.15. The number of aliphatic hydroxyl groups is 1. The Morgan fingerprint density at radius 3 is 1.41 bits per heavy atom. The van der Waals surface area contributed by atoms with Gasteiger partial charge in [0, 0.05) is 12.5 Å². The summed E-state index contributed by atoms with van der Waals surface area (Å²) in [7, 11) is 0. The Hall–Kier alpha value is -1.62. The fraction of sp³-hybridized carbons (Fsp3) is 0.833. The van der Waals surface area contributed by atoms with Crippen LogP contribution in [0.1, 0.15) is 181 Å². The van der Waals surface area contributed by atoms with Crippen LogP contribution >= 0.6 is 0 Å². The smallest absolute Gasteiger partial charge is 0.327 e. The molecule has 0 fully saturated rings. The van der Waals surface area contributed by atoms with Crippen LogP contribution in [0, 0.1) is 0 Å². The van der Waals surface area contributed by atoms with Crippen molar-refractivity contribution >= 4 is 11.9 Å². The molecule has 0 aromatic rings. The molecule has 5 nitrogen and oxygen atoms in total. The van der Waals surface area contributed by atoms with Crippen LogP contribution in [0.3, 0.4) is 0 Å². The first kappa shape index (κ1) is 39.4.